The molecule has 0 saturated heterocycles. The first-order chi connectivity index (χ1) is 10.1. The highest BCUT2D eigenvalue weighted by Gasteiger charge is 2.16. The Morgan fingerprint density at radius 1 is 1.29 bits per heavy atom. The molecule has 0 aliphatic rings. The van der Waals surface area contributed by atoms with Gasteiger partial charge < -0.3 is 10.0 Å². The highest BCUT2D eigenvalue weighted by molar-refractivity contribution is 7.10. The zero-order chi connectivity index (χ0) is 15.1. The third-order valence-electron chi connectivity index (χ3n) is 2.95. The molecule has 21 heavy (non-hydrogen) atoms. The van der Waals surface area contributed by atoms with Crippen molar-refractivity contribution < 1.29 is 14.7 Å². The molecule has 2 aromatic heterocycles. The molecule has 2 rings (SSSR count). The second kappa shape index (κ2) is 7.54. The number of nitrogens with zero attached hydrogens (tertiary/aromatic N) is 2. The maximum atomic E-state index is 12.3. The van der Waals surface area contributed by atoms with E-state index in [0.717, 1.165) is 10.4 Å². The van der Waals surface area contributed by atoms with Gasteiger partial charge in [0.15, 0.2) is 0 Å². The number of carbonyl (C=O) groups excluding carboxylic acids is 1. The predicted molar refractivity (Wildman–Crippen MR) is 79.9 cm³/mol. The number of hydrogen-bond donors (Lipinski definition) is 1. The third kappa shape index (κ3) is 5.00. The van der Waals surface area contributed by atoms with E-state index in [4.69, 9.17) is 5.11 Å². The quantitative estimate of drug-likeness (QED) is 0.851. The van der Waals surface area contributed by atoms with Crippen molar-refractivity contribution in [3.63, 3.8) is 0 Å². The molecule has 6 heteroatoms. The number of carbonyl (C=O) groups is 2. The first-order valence-electron chi connectivity index (χ1n) is 6.56. The monoisotopic (exact) mass is 304 g/mol. The second-order valence-electron chi connectivity index (χ2n) is 4.58. The summed E-state index contributed by atoms with van der Waals surface area (Å²) in [7, 11) is 0. The molecule has 2 aromatic rings. The number of aromatic nitrogens is 1. The smallest absolute Gasteiger partial charge is 0.305 e. The van der Waals surface area contributed by atoms with Gasteiger partial charge in [-0.1, -0.05) is 12.1 Å². The molecule has 0 saturated carbocycles. The molecule has 0 bridgehead atoms. The van der Waals surface area contributed by atoms with Crippen LogP contribution in [0.4, 0.5) is 0 Å². The van der Waals surface area contributed by atoms with Crippen LogP contribution in [-0.2, 0) is 22.6 Å². The lowest BCUT2D eigenvalue weighted by Gasteiger charge is -2.21. The molecule has 0 unspecified atom stereocenters. The second-order valence-corrected chi connectivity index (χ2v) is 5.61. The Morgan fingerprint density at radius 3 is 2.76 bits per heavy atom. The van der Waals surface area contributed by atoms with E-state index in [1.807, 2.05) is 23.6 Å². The average Bonchev–Trinajstić information content (AvgIpc) is 2.97. The number of amides is 1. The predicted octanol–water partition coefficient (Wildman–Crippen LogP) is 2.19. The van der Waals surface area contributed by atoms with Crippen LogP contribution < -0.4 is 0 Å². The molecule has 0 aromatic carbocycles. The molecule has 0 aliphatic carbocycles. The van der Waals surface area contributed by atoms with E-state index in [2.05, 4.69) is 4.98 Å². The minimum absolute atomic E-state index is 0.0591. The van der Waals surface area contributed by atoms with Crippen LogP contribution in [0.5, 0.6) is 0 Å². The number of pyridine rings is 1. The van der Waals surface area contributed by atoms with Crippen molar-refractivity contribution in [1.29, 1.82) is 0 Å². The fraction of sp³-hybridized carbons (Fsp3) is 0.267. The van der Waals surface area contributed by atoms with E-state index in [0.29, 0.717) is 13.0 Å². The highest BCUT2D eigenvalue weighted by atomic mass is 32.1. The summed E-state index contributed by atoms with van der Waals surface area (Å²) in [4.78, 5) is 29.7. The van der Waals surface area contributed by atoms with Crippen molar-refractivity contribution in [3.05, 3.63) is 52.5 Å². The van der Waals surface area contributed by atoms with Gasteiger partial charge in [-0.25, -0.2) is 0 Å². The Labute approximate surface area is 126 Å². The molecule has 1 N–H and O–H groups in total. The van der Waals surface area contributed by atoms with Crippen molar-refractivity contribution >= 4 is 23.2 Å². The van der Waals surface area contributed by atoms with Crippen LogP contribution in [-0.4, -0.2) is 33.4 Å². The molecule has 0 spiro atoms. The number of thiophene rings is 1. The van der Waals surface area contributed by atoms with Crippen LogP contribution in [0.15, 0.2) is 42.0 Å². The number of hydrogen-bond acceptors (Lipinski definition) is 4. The SMILES string of the molecule is O=C(O)CCN(Cc1cccnc1)C(=O)Cc1cccs1. The van der Waals surface area contributed by atoms with Gasteiger partial charge in [0.25, 0.3) is 0 Å². The molecular weight excluding hydrogens is 288 g/mol. The summed E-state index contributed by atoms with van der Waals surface area (Å²) in [5.41, 5.74) is 0.891. The van der Waals surface area contributed by atoms with E-state index < -0.39 is 5.97 Å². The van der Waals surface area contributed by atoms with Gasteiger partial charge in [-0.05, 0) is 23.1 Å². The van der Waals surface area contributed by atoms with Gasteiger partial charge in [-0.15, -0.1) is 11.3 Å². The fourth-order valence-corrected chi connectivity index (χ4v) is 2.60. The van der Waals surface area contributed by atoms with Gasteiger partial charge in [0.2, 0.25) is 5.91 Å². The van der Waals surface area contributed by atoms with Crippen LogP contribution in [0.3, 0.4) is 0 Å². The Bertz CT molecular complexity index is 584. The highest BCUT2D eigenvalue weighted by Crippen LogP contribution is 2.12. The maximum Gasteiger partial charge on any atom is 0.305 e. The van der Waals surface area contributed by atoms with Crippen molar-refractivity contribution in [3.8, 4) is 0 Å². The topological polar surface area (TPSA) is 70.5 Å². The lowest BCUT2D eigenvalue weighted by Crippen LogP contribution is -2.33. The zero-order valence-corrected chi connectivity index (χ0v) is 12.3. The van der Waals surface area contributed by atoms with Crippen molar-refractivity contribution in [2.24, 2.45) is 0 Å². The summed E-state index contributed by atoms with van der Waals surface area (Å²) in [6.07, 6.45) is 3.60. The van der Waals surface area contributed by atoms with Crippen molar-refractivity contribution in [2.45, 2.75) is 19.4 Å². The van der Waals surface area contributed by atoms with E-state index in [-0.39, 0.29) is 18.9 Å². The minimum atomic E-state index is -0.907. The summed E-state index contributed by atoms with van der Waals surface area (Å²) in [6.45, 7) is 0.583. The molecule has 0 aliphatic heterocycles. The van der Waals surface area contributed by atoms with Gasteiger partial charge in [0.05, 0.1) is 12.8 Å². The van der Waals surface area contributed by atoms with Crippen LogP contribution in [0.25, 0.3) is 0 Å². The Balaban J connectivity index is 2.03. The van der Waals surface area contributed by atoms with Crippen LogP contribution in [0, 0.1) is 0 Å². The summed E-state index contributed by atoms with van der Waals surface area (Å²) in [6, 6.07) is 7.48. The molecule has 110 valence electrons. The molecular formula is C15H16N2O3S. The summed E-state index contributed by atoms with van der Waals surface area (Å²) in [5, 5.41) is 10.7. The van der Waals surface area contributed by atoms with Gasteiger partial charge in [0, 0.05) is 30.4 Å². The Kier molecular flexibility index (Phi) is 5.45. The van der Waals surface area contributed by atoms with Gasteiger partial charge >= 0.3 is 5.97 Å². The Hall–Kier alpha value is -2.21. The number of carboxylic acid groups (broad SMARTS) is 1. The van der Waals surface area contributed by atoms with Crippen LogP contribution in [0.2, 0.25) is 0 Å². The Morgan fingerprint density at radius 2 is 2.14 bits per heavy atom. The summed E-state index contributed by atoms with van der Waals surface area (Å²) in [5.74, 6) is -0.974. The standard InChI is InChI=1S/C15H16N2O3S/c18-14(9-13-4-2-8-21-13)17(7-5-15(19)20)11-12-3-1-6-16-10-12/h1-4,6,8,10H,5,7,9,11H2,(H,19,20). The molecule has 0 radical (unpaired) electrons. The van der Waals surface area contributed by atoms with E-state index in [1.54, 1.807) is 23.4 Å². The number of rotatable bonds is 7. The first kappa shape index (κ1) is 15.2. The average molecular weight is 304 g/mol. The molecule has 0 atom stereocenters. The fourth-order valence-electron chi connectivity index (χ4n) is 1.91. The normalized spacial score (nSPS) is 10.3. The lowest BCUT2D eigenvalue weighted by molar-refractivity contribution is -0.138. The van der Waals surface area contributed by atoms with Crippen molar-refractivity contribution in [2.75, 3.05) is 6.54 Å². The number of aliphatic carboxylic acids is 1. The number of carboxylic acids is 1. The van der Waals surface area contributed by atoms with Crippen molar-refractivity contribution in [1.82, 2.24) is 9.88 Å². The molecule has 1 amide bonds. The van der Waals surface area contributed by atoms with Gasteiger partial charge in [-0.3, -0.25) is 14.6 Å². The lowest BCUT2D eigenvalue weighted by atomic mass is 10.2. The van der Waals surface area contributed by atoms with Crippen LogP contribution >= 0.6 is 11.3 Å². The molecule has 2 heterocycles. The van der Waals surface area contributed by atoms with Crippen LogP contribution in [0.1, 0.15) is 16.9 Å². The van der Waals surface area contributed by atoms with E-state index in [1.165, 1.54) is 11.3 Å². The third-order valence-corrected chi connectivity index (χ3v) is 3.83. The first-order valence-corrected chi connectivity index (χ1v) is 7.44. The van der Waals surface area contributed by atoms with Gasteiger partial charge in [-0.2, -0.15) is 0 Å². The largest absolute Gasteiger partial charge is 0.481 e. The minimum Gasteiger partial charge on any atom is -0.481 e. The molecule has 5 nitrogen and oxygen atoms in total. The van der Waals surface area contributed by atoms with E-state index in [9.17, 15) is 9.59 Å². The summed E-state index contributed by atoms with van der Waals surface area (Å²) < 4.78 is 0. The summed E-state index contributed by atoms with van der Waals surface area (Å²) >= 11 is 1.52. The zero-order valence-electron chi connectivity index (χ0n) is 11.4. The van der Waals surface area contributed by atoms with Gasteiger partial charge in [0.1, 0.15) is 0 Å². The maximum absolute atomic E-state index is 12.3. The molecule has 0 fully saturated rings. The van der Waals surface area contributed by atoms with E-state index >= 15 is 0 Å².